The van der Waals surface area contributed by atoms with Gasteiger partial charge in [-0.15, -0.1) is 6.58 Å². The minimum absolute atomic E-state index is 0.0711. The van der Waals surface area contributed by atoms with Crippen molar-refractivity contribution < 1.29 is 142 Å². The van der Waals surface area contributed by atoms with Gasteiger partial charge in [0.1, 0.15) is 97.3 Å². The van der Waals surface area contributed by atoms with Crippen LogP contribution >= 0.6 is 0 Å². The van der Waals surface area contributed by atoms with Gasteiger partial charge in [0.15, 0.2) is 0 Å². The van der Waals surface area contributed by atoms with Crippen molar-refractivity contribution in [3.05, 3.63) is 60.8 Å². The number of allylic oxidation sites excluding steroid dienone is 4. The molecular formula is C73H132O28. The fraction of sp³-hybridized carbons (Fsp3) is 0.849. The van der Waals surface area contributed by atoms with Crippen LogP contribution in [-0.4, -0.2) is 311 Å². The van der Waals surface area contributed by atoms with E-state index in [9.17, 15) is 127 Å². The number of carbonyl (C=O) groups is 1. The summed E-state index contributed by atoms with van der Waals surface area (Å²) in [7, 11) is 0. The summed E-state index contributed by atoms with van der Waals surface area (Å²) >= 11 is 0. The fourth-order valence-corrected chi connectivity index (χ4v) is 13.0. The third kappa shape index (κ3) is 35.3. The van der Waals surface area contributed by atoms with Crippen molar-refractivity contribution in [2.24, 2.45) is 11.8 Å². The number of ether oxygens (including phenoxy) is 2. The molecule has 2 aliphatic heterocycles. The van der Waals surface area contributed by atoms with E-state index in [-0.39, 0.29) is 74.4 Å². The minimum atomic E-state index is -2.10. The highest BCUT2D eigenvalue weighted by molar-refractivity contribution is 5.79. The second-order valence-corrected chi connectivity index (χ2v) is 28.9. The lowest BCUT2D eigenvalue weighted by Crippen LogP contribution is -2.64. The number of Topliss-reactive ketones (excluding diaryl/α,β-unsaturated/α-hetero) is 1. The van der Waals surface area contributed by atoms with Crippen molar-refractivity contribution in [2.45, 2.75) is 371 Å². The smallest absolute Gasteiger partial charge is 0.138 e. The van der Waals surface area contributed by atoms with E-state index in [1.807, 2.05) is 6.08 Å². The first-order chi connectivity index (χ1) is 47.6. The number of aliphatic hydroxyl groups is 25. The quantitative estimate of drug-likeness (QED) is 0.0250. The van der Waals surface area contributed by atoms with Crippen molar-refractivity contribution in [3.8, 4) is 0 Å². The Morgan fingerprint density at radius 2 is 0.990 bits per heavy atom. The molecule has 2 aliphatic rings. The van der Waals surface area contributed by atoms with Gasteiger partial charge in [0.2, 0.25) is 0 Å². The molecule has 0 aromatic carbocycles. The number of aliphatic hydroxyl groups excluding tert-OH is 25. The van der Waals surface area contributed by atoms with Crippen LogP contribution in [0.5, 0.6) is 0 Å². The second-order valence-electron chi connectivity index (χ2n) is 28.9. The standard InChI is InChI=1S/C73H132O28/c1-6-7-8-9-10-11-12-13-14-15-16-17-29-50(80)64(93)72-66(95)58(88)39-59(100-72)67(96)60(89)43(4)30-31-51(81)71-69(98)68(97)70(99)73(101-71)65(94)55(85)34-42(3)33-54(84)62(91)56(86)38-57(87)63(92)61(90)44(5)35-53(83)52(82)32-41(2)23-18-19-25-46(76)36-49(79)37-47(77)26-21-20-24-45(75)27-22-28-48(78)40-74/h6,17-18,23,29,34,41,44-48,50-78,80-99H,1,4,7-16,19-22,24-28,30-33,35-40H2,2-3,5H3/b23-18+,29-17+,42-34+/t41-,44+,45+,46+,47-,48+,50+,51-,52+,53-,54-,55+,56+,57-,58+,59+,60+,61+,62-,63-,64-,65+,66+,67-,68+,69-,70+,71-,72-,73-/m1/s1. The van der Waals surface area contributed by atoms with Gasteiger partial charge in [0, 0.05) is 25.7 Å². The van der Waals surface area contributed by atoms with Gasteiger partial charge in [0.05, 0.1) is 86.0 Å². The Balaban J connectivity index is 1.84. The van der Waals surface area contributed by atoms with Gasteiger partial charge in [-0.2, -0.15) is 0 Å². The maximum atomic E-state index is 12.5. The molecule has 0 aromatic rings. The third-order valence-corrected chi connectivity index (χ3v) is 19.6. The van der Waals surface area contributed by atoms with Crippen molar-refractivity contribution in [3.63, 3.8) is 0 Å². The van der Waals surface area contributed by atoms with Crippen LogP contribution in [-0.2, 0) is 14.3 Å². The molecule has 0 bridgehead atoms. The summed E-state index contributed by atoms with van der Waals surface area (Å²) in [6, 6.07) is 0. The highest BCUT2D eigenvalue weighted by Crippen LogP contribution is 2.33. The molecule has 25 N–H and O–H groups in total. The number of carbonyl (C=O) groups excluding carboxylic acids is 1. The maximum absolute atomic E-state index is 12.5. The molecule has 101 heavy (non-hydrogen) atoms. The lowest BCUT2D eigenvalue weighted by Gasteiger charge is -2.44. The van der Waals surface area contributed by atoms with Crippen molar-refractivity contribution >= 4 is 5.78 Å². The summed E-state index contributed by atoms with van der Waals surface area (Å²) < 4.78 is 11.4. The highest BCUT2D eigenvalue weighted by atomic mass is 16.6. The fourth-order valence-electron chi connectivity index (χ4n) is 13.0. The molecular weight excluding hydrogens is 1320 g/mol. The molecule has 0 radical (unpaired) electrons. The summed E-state index contributed by atoms with van der Waals surface area (Å²) in [5.74, 6) is -1.51. The number of hydrogen-bond donors (Lipinski definition) is 25. The van der Waals surface area contributed by atoms with E-state index in [1.54, 1.807) is 25.2 Å². The molecule has 30 atom stereocenters. The highest BCUT2D eigenvalue weighted by Gasteiger charge is 2.50. The van der Waals surface area contributed by atoms with Gasteiger partial charge in [-0.1, -0.05) is 114 Å². The molecule has 2 fully saturated rings. The molecule has 0 unspecified atom stereocenters. The largest absolute Gasteiger partial charge is 0.394 e. The van der Waals surface area contributed by atoms with Crippen molar-refractivity contribution in [2.75, 3.05) is 6.61 Å². The minimum Gasteiger partial charge on any atom is -0.394 e. The van der Waals surface area contributed by atoms with Crippen LogP contribution in [0.1, 0.15) is 201 Å². The average Bonchev–Trinajstić information content (AvgIpc) is 0.802. The third-order valence-electron chi connectivity index (χ3n) is 19.6. The van der Waals surface area contributed by atoms with E-state index < -0.39 is 196 Å². The van der Waals surface area contributed by atoms with E-state index in [2.05, 4.69) is 13.2 Å². The van der Waals surface area contributed by atoms with E-state index in [1.165, 1.54) is 32.8 Å². The lowest BCUT2D eigenvalue weighted by atomic mass is 9.86. The van der Waals surface area contributed by atoms with Gasteiger partial charge in [0.25, 0.3) is 0 Å². The SMILES string of the molecule is C=CCCCCCCCCCC/C=C/[C@H](O)[C@@H](O)[C@H]1O[C@H]([C@@H](O)[C@@H](O)C(=C)CC[C@@H](O)[C@H]2O[C@H]([C@@H](O)[C@@H](O)/C=C(\C)C[C@@H](O)[C@@H](O)[C@@H](O)C[C@@H](O)[C@@H](O)[C@@H](O)[C@@H](C)C[C@@H](O)[C@@H](O)C[C@H](C)/C=C/CC[C@H](O)CC(=O)C[C@H](O)CCCC[C@H](O)CCC[C@H](O)CO)[C@@H](O)[C@@H](O)[C@H]2O)C[C@H](O)[C@@H]1O. The lowest BCUT2D eigenvalue weighted by molar-refractivity contribution is -0.267. The molecule has 2 rings (SSSR count). The Labute approximate surface area is 596 Å². The van der Waals surface area contributed by atoms with Crippen LogP contribution in [0.15, 0.2) is 60.8 Å². The summed E-state index contributed by atoms with van der Waals surface area (Å²) in [6.45, 7) is 11.7. The predicted octanol–water partition coefficient (Wildman–Crippen LogP) is -1.26. The molecule has 592 valence electrons. The van der Waals surface area contributed by atoms with Gasteiger partial charge in [-0.3, -0.25) is 4.79 Å². The first-order valence-corrected chi connectivity index (χ1v) is 36.6. The molecule has 0 aliphatic carbocycles. The predicted molar refractivity (Wildman–Crippen MR) is 373 cm³/mol. The number of hydrogen-bond acceptors (Lipinski definition) is 28. The Bertz CT molecular complexity index is 2300. The zero-order valence-electron chi connectivity index (χ0n) is 59.6. The van der Waals surface area contributed by atoms with E-state index in [0.29, 0.717) is 57.8 Å². The number of ketones is 1. The molecule has 0 amide bonds. The summed E-state index contributed by atoms with van der Waals surface area (Å²) in [5.41, 5.74) is -0.0376. The first kappa shape index (κ1) is 94.4. The molecule has 28 nitrogen and oxygen atoms in total. The first-order valence-electron chi connectivity index (χ1n) is 36.6. The topological polar surface area (TPSA) is 541 Å². The Hall–Kier alpha value is -2.71. The average molecular weight is 1460 g/mol. The number of rotatable bonds is 56. The monoisotopic (exact) mass is 1460 g/mol. The van der Waals surface area contributed by atoms with Gasteiger partial charge in [-0.05, 0) is 127 Å². The van der Waals surface area contributed by atoms with Gasteiger partial charge < -0.3 is 137 Å². The Kier molecular flexibility index (Phi) is 47.4. The van der Waals surface area contributed by atoms with E-state index in [0.717, 1.165) is 51.0 Å². The summed E-state index contributed by atoms with van der Waals surface area (Å²) in [4.78, 5) is 12.5. The maximum Gasteiger partial charge on any atom is 0.138 e. The van der Waals surface area contributed by atoms with Crippen molar-refractivity contribution in [1.82, 2.24) is 0 Å². The molecule has 2 saturated heterocycles. The van der Waals surface area contributed by atoms with Crippen molar-refractivity contribution in [1.29, 1.82) is 0 Å². The van der Waals surface area contributed by atoms with E-state index >= 15 is 0 Å². The normalized spacial score (nSPS) is 27.4. The molecule has 0 saturated carbocycles. The van der Waals surface area contributed by atoms with Crippen LogP contribution in [0, 0.1) is 11.8 Å². The Morgan fingerprint density at radius 3 is 1.60 bits per heavy atom. The van der Waals surface area contributed by atoms with Crippen LogP contribution < -0.4 is 0 Å². The van der Waals surface area contributed by atoms with Gasteiger partial charge in [-0.25, -0.2) is 0 Å². The van der Waals surface area contributed by atoms with Crippen LogP contribution in [0.3, 0.4) is 0 Å². The molecule has 2 heterocycles. The molecule has 0 spiro atoms. The van der Waals surface area contributed by atoms with Crippen LogP contribution in [0.4, 0.5) is 0 Å². The van der Waals surface area contributed by atoms with Crippen LogP contribution in [0.2, 0.25) is 0 Å². The zero-order chi connectivity index (χ0) is 76.2. The zero-order valence-corrected chi connectivity index (χ0v) is 59.6. The Morgan fingerprint density at radius 1 is 0.475 bits per heavy atom. The molecule has 0 aromatic heterocycles. The summed E-state index contributed by atoms with van der Waals surface area (Å²) in [5, 5.41) is 267. The second kappa shape index (κ2) is 50.8. The van der Waals surface area contributed by atoms with Gasteiger partial charge >= 0.3 is 0 Å². The van der Waals surface area contributed by atoms with Crippen LogP contribution in [0.25, 0.3) is 0 Å². The summed E-state index contributed by atoms with van der Waals surface area (Å²) in [6.07, 6.45) is -24.7. The molecule has 28 heteroatoms. The number of unbranched alkanes of at least 4 members (excludes halogenated alkanes) is 10. The van der Waals surface area contributed by atoms with E-state index in [4.69, 9.17) is 14.6 Å².